The number of benzene rings is 2. The fraction of sp³-hybridized carbons (Fsp3) is 0.286. The molecule has 0 aliphatic heterocycles. The third-order valence-electron chi connectivity index (χ3n) is 5.76. The molecule has 2 amide bonds. The average molecular weight is 643 g/mol. The smallest absolute Gasteiger partial charge is 0.322 e. The third kappa shape index (κ3) is 10.3. The molecule has 226 valence electrons. The topological polar surface area (TPSA) is 184 Å². The summed E-state index contributed by atoms with van der Waals surface area (Å²) in [5, 5.41) is 30.2. The van der Waals surface area contributed by atoms with Crippen LogP contribution in [0.25, 0.3) is 0 Å². The molecule has 0 aliphatic carbocycles. The van der Waals surface area contributed by atoms with Gasteiger partial charge in [-0.3, -0.25) is 35.3 Å². The predicted molar refractivity (Wildman–Crippen MR) is 168 cm³/mol. The Kier molecular flexibility index (Phi) is 13.3. The molecule has 12 nitrogen and oxygen atoms in total. The van der Waals surface area contributed by atoms with Crippen LogP contribution in [0.4, 0.5) is 5.13 Å². The molecule has 2 aromatic carbocycles. The van der Waals surface area contributed by atoms with Gasteiger partial charge in [-0.2, -0.15) is 11.8 Å². The Morgan fingerprint density at radius 1 is 0.837 bits per heavy atom. The van der Waals surface area contributed by atoms with Crippen molar-refractivity contribution in [1.29, 1.82) is 10.8 Å². The molecule has 0 aliphatic rings. The quantitative estimate of drug-likeness (QED) is 0.0703. The molecule has 0 bridgehead atoms. The Hall–Kier alpha value is -4.08. The molecular weight excluding hydrogens is 613 g/mol. The molecule has 2 atom stereocenters. The highest BCUT2D eigenvalue weighted by Crippen LogP contribution is 2.23. The van der Waals surface area contributed by atoms with Gasteiger partial charge >= 0.3 is 11.9 Å². The van der Waals surface area contributed by atoms with Crippen LogP contribution in [0.1, 0.15) is 34.4 Å². The van der Waals surface area contributed by atoms with E-state index in [2.05, 4.69) is 20.8 Å². The minimum atomic E-state index is -1.22. The van der Waals surface area contributed by atoms with Crippen LogP contribution >= 0.6 is 34.9 Å². The summed E-state index contributed by atoms with van der Waals surface area (Å²) < 4.78 is 9.55. The highest BCUT2D eigenvalue weighted by atomic mass is 32.2. The number of hydrogen-bond acceptors (Lipinski definition) is 13. The average Bonchev–Trinajstić information content (AvgIpc) is 3.44. The van der Waals surface area contributed by atoms with E-state index in [0.717, 1.165) is 11.8 Å². The molecule has 0 saturated carbocycles. The summed E-state index contributed by atoms with van der Waals surface area (Å²) >= 11 is 3.59. The lowest BCUT2D eigenvalue weighted by molar-refractivity contribution is -0.147. The first kappa shape index (κ1) is 33.4. The molecule has 1 aromatic heterocycles. The molecular formula is C28H30N6O6S3. The molecule has 0 saturated heterocycles. The van der Waals surface area contributed by atoms with Crippen LogP contribution in [-0.4, -0.2) is 69.9 Å². The van der Waals surface area contributed by atoms with Crippen LogP contribution in [0.15, 0.2) is 60.7 Å². The van der Waals surface area contributed by atoms with Gasteiger partial charge in [0.05, 0.1) is 19.3 Å². The number of anilines is 1. The zero-order valence-corrected chi connectivity index (χ0v) is 25.8. The summed E-state index contributed by atoms with van der Waals surface area (Å²) in [6, 6.07) is 17.0. The number of rotatable bonds is 13. The van der Waals surface area contributed by atoms with Crippen LogP contribution in [0.2, 0.25) is 0 Å². The van der Waals surface area contributed by atoms with E-state index >= 15 is 0 Å². The number of amidine groups is 1. The summed E-state index contributed by atoms with van der Waals surface area (Å²) in [5.41, 5.74) is 0.949. The van der Waals surface area contributed by atoms with Crippen LogP contribution in [0.3, 0.4) is 0 Å². The van der Waals surface area contributed by atoms with Gasteiger partial charge in [0.2, 0.25) is 16.9 Å². The number of aryl methyl sites for hydroxylation is 1. The first-order valence-electron chi connectivity index (χ1n) is 12.8. The van der Waals surface area contributed by atoms with Crippen molar-refractivity contribution in [3.8, 4) is 0 Å². The van der Waals surface area contributed by atoms with Gasteiger partial charge in [-0.1, -0.05) is 72.0 Å². The number of nitrogens with zero attached hydrogens (tertiary/aromatic N) is 2. The number of esters is 2. The maximum absolute atomic E-state index is 12.8. The summed E-state index contributed by atoms with van der Waals surface area (Å²) in [7, 11) is 2.42. The largest absolute Gasteiger partial charge is 0.468 e. The monoisotopic (exact) mass is 642 g/mol. The molecule has 3 rings (SSSR count). The number of carbonyl (C=O) groups excluding carboxylic acids is 4. The first-order chi connectivity index (χ1) is 20.7. The molecule has 0 fully saturated rings. The number of hydrogen-bond donors (Lipinski definition) is 4. The van der Waals surface area contributed by atoms with Crippen molar-refractivity contribution in [2.45, 2.75) is 24.7 Å². The first-order valence-corrected chi connectivity index (χ1v) is 15.6. The van der Waals surface area contributed by atoms with E-state index in [4.69, 9.17) is 20.3 Å². The number of ether oxygens (including phenoxy) is 2. The van der Waals surface area contributed by atoms with Gasteiger partial charge in [-0.25, -0.2) is 0 Å². The summed E-state index contributed by atoms with van der Waals surface area (Å²) in [5.74, 6) is -3.75. The second kappa shape index (κ2) is 17.1. The van der Waals surface area contributed by atoms with Crippen LogP contribution < -0.4 is 10.6 Å². The lowest BCUT2D eigenvalue weighted by atomic mass is 9.98. The maximum Gasteiger partial charge on any atom is 0.322 e. The van der Waals surface area contributed by atoms with E-state index in [1.54, 1.807) is 72.4 Å². The van der Waals surface area contributed by atoms with Gasteiger partial charge in [-0.05, 0) is 34.4 Å². The second-order valence-corrected chi connectivity index (χ2v) is 12.1. The molecule has 4 N–H and O–H groups in total. The van der Waals surface area contributed by atoms with E-state index < -0.39 is 35.6 Å². The van der Waals surface area contributed by atoms with E-state index in [1.807, 2.05) is 0 Å². The van der Waals surface area contributed by atoms with E-state index in [1.165, 1.54) is 25.6 Å². The van der Waals surface area contributed by atoms with Gasteiger partial charge in [-0.15, -0.1) is 10.2 Å². The maximum atomic E-state index is 12.8. The van der Waals surface area contributed by atoms with Crippen molar-refractivity contribution >= 4 is 74.0 Å². The van der Waals surface area contributed by atoms with Crippen molar-refractivity contribution in [1.82, 2.24) is 15.5 Å². The molecule has 43 heavy (non-hydrogen) atoms. The number of thioether (sulfide) groups is 2. The highest BCUT2D eigenvalue weighted by molar-refractivity contribution is 8.26. The molecule has 0 radical (unpaired) electrons. The molecule has 3 aromatic rings. The van der Waals surface area contributed by atoms with Crippen molar-refractivity contribution < 1.29 is 28.7 Å². The SMILES string of the molecule is COC(=O)C(C(=O)NC(=N)SC(=N)CCSCCc1nnc(NC(=O)[C@H](C(=O)OC)c2ccccc2)s1)c1ccccc1. The van der Waals surface area contributed by atoms with Gasteiger partial charge in [0, 0.05) is 12.8 Å². The van der Waals surface area contributed by atoms with Crippen LogP contribution in [0, 0.1) is 10.8 Å². The third-order valence-corrected chi connectivity index (χ3v) is 8.40. The van der Waals surface area contributed by atoms with Crippen molar-refractivity contribution in [3.63, 3.8) is 0 Å². The second-order valence-electron chi connectivity index (χ2n) is 8.68. The number of amides is 2. The van der Waals surface area contributed by atoms with Crippen LogP contribution in [-0.2, 0) is 35.1 Å². The fourth-order valence-corrected chi connectivity index (χ4v) is 6.20. The van der Waals surface area contributed by atoms with Crippen LogP contribution in [0.5, 0.6) is 0 Å². The summed E-state index contributed by atoms with van der Waals surface area (Å²) in [6.45, 7) is 0. The van der Waals surface area contributed by atoms with E-state index in [0.29, 0.717) is 40.5 Å². The zero-order valence-electron chi connectivity index (χ0n) is 23.3. The molecule has 1 heterocycles. The predicted octanol–water partition coefficient (Wildman–Crippen LogP) is 3.82. The summed E-state index contributed by atoms with van der Waals surface area (Å²) in [4.78, 5) is 49.9. The lowest BCUT2D eigenvalue weighted by Gasteiger charge is -2.15. The van der Waals surface area contributed by atoms with E-state index in [-0.39, 0.29) is 15.3 Å². The number of carbonyl (C=O) groups is 4. The normalized spacial score (nSPS) is 12.0. The van der Waals surface area contributed by atoms with Gasteiger partial charge in [0.25, 0.3) is 0 Å². The summed E-state index contributed by atoms with van der Waals surface area (Å²) in [6.07, 6.45) is 0.955. The standard InChI is InChI=1S/C28H30N6O6S3/c1-39-25(37)21(17-9-5-3-6-10-17)23(35)31-27(30)42-19(29)13-15-41-16-14-20-33-34-28(43-20)32-24(36)22(26(38)40-2)18-11-7-4-8-12-18/h3-12,21-22,29H,13-16H2,1-2H3,(H2,30,31,35)(H,32,34,36)/t21?,22-/m1/s1. The van der Waals surface area contributed by atoms with Gasteiger partial charge in [0.15, 0.2) is 17.0 Å². The van der Waals surface area contributed by atoms with Gasteiger partial charge < -0.3 is 14.8 Å². The Bertz CT molecular complexity index is 1440. The fourth-order valence-electron chi connectivity index (χ4n) is 3.71. The Morgan fingerprint density at radius 3 is 1.95 bits per heavy atom. The minimum absolute atomic E-state index is 0.187. The Balaban J connectivity index is 1.39. The number of nitrogens with one attached hydrogen (secondary N) is 4. The minimum Gasteiger partial charge on any atom is -0.468 e. The van der Waals surface area contributed by atoms with E-state index in [9.17, 15) is 19.2 Å². The highest BCUT2D eigenvalue weighted by Gasteiger charge is 2.31. The number of methoxy groups -OCH3 is 2. The van der Waals surface area contributed by atoms with Gasteiger partial charge in [0.1, 0.15) is 5.01 Å². The van der Waals surface area contributed by atoms with Crippen molar-refractivity contribution in [2.75, 3.05) is 31.0 Å². The number of aromatic nitrogens is 2. The zero-order chi connectivity index (χ0) is 31.2. The Morgan fingerprint density at radius 2 is 1.40 bits per heavy atom. The molecule has 0 spiro atoms. The lowest BCUT2D eigenvalue weighted by Crippen LogP contribution is -2.37. The Labute approximate surface area is 260 Å². The molecule has 15 heteroatoms. The van der Waals surface area contributed by atoms with Crippen molar-refractivity contribution in [2.24, 2.45) is 0 Å². The molecule has 1 unspecified atom stereocenters. The van der Waals surface area contributed by atoms with Crippen molar-refractivity contribution in [3.05, 3.63) is 76.8 Å².